The lowest BCUT2D eigenvalue weighted by atomic mass is 10.2. The molecular formula is C9H13N3O3S. The molecule has 6 nitrogen and oxygen atoms in total. The summed E-state index contributed by atoms with van der Waals surface area (Å²) in [6.07, 6.45) is 0. The summed E-state index contributed by atoms with van der Waals surface area (Å²) in [5.41, 5.74) is 10.8. The molecule has 0 bridgehead atoms. The van der Waals surface area contributed by atoms with Crippen molar-refractivity contribution in [2.75, 3.05) is 6.54 Å². The highest BCUT2D eigenvalue weighted by molar-refractivity contribution is 7.89. The molecule has 7 heteroatoms. The van der Waals surface area contributed by atoms with Crippen LogP contribution in [0.15, 0.2) is 29.2 Å². The lowest BCUT2D eigenvalue weighted by Crippen LogP contribution is -2.33. The van der Waals surface area contributed by atoms with Crippen LogP contribution in [0, 0.1) is 0 Å². The largest absolute Gasteiger partial charge is 0.369 e. The number of hydrogen-bond acceptors (Lipinski definition) is 4. The van der Waals surface area contributed by atoms with Gasteiger partial charge in [0.25, 0.3) is 0 Å². The van der Waals surface area contributed by atoms with Crippen LogP contribution in [0.25, 0.3) is 0 Å². The number of hydrogen-bond donors (Lipinski definition) is 3. The minimum absolute atomic E-state index is 0.0683. The number of primary amides is 1. The maximum absolute atomic E-state index is 11.7. The molecule has 0 spiro atoms. The van der Waals surface area contributed by atoms with Crippen molar-refractivity contribution in [1.82, 2.24) is 4.72 Å². The van der Waals surface area contributed by atoms with Gasteiger partial charge in [-0.25, -0.2) is 13.1 Å². The average molecular weight is 243 g/mol. The Morgan fingerprint density at radius 3 is 2.50 bits per heavy atom. The summed E-state index contributed by atoms with van der Waals surface area (Å²) >= 11 is 0. The van der Waals surface area contributed by atoms with Gasteiger partial charge in [0.1, 0.15) is 0 Å². The molecule has 0 radical (unpaired) electrons. The molecule has 1 rings (SSSR count). The minimum atomic E-state index is -3.73. The zero-order valence-corrected chi connectivity index (χ0v) is 9.33. The van der Waals surface area contributed by atoms with E-state index >= 15 is 0 Å². The van der Waals surface area contributed by atoms with E-state index in [1.165, 1.54) is 6.07 Å². The van der Waals surface area contributed by atoms with Gasteiger partial charge in [-0.3, -0.25) is 4.79 Å². The van der Waals surface area contributed by atoms with E-state index in [2.05, 4.69) is 4.72 Å². The molecule has 88 valence electrons. The highest BCUT2D eigenvalue weighted by Gasteiger charge is 2.17. The van der Waals surface area contributed by atoms with Crippen molar-refractivity contribution >= 4 is 15.9 Å². The summed E-state index contributed by atoms with van der Waals surface area (Å²) in [6, 6.07) is 6.30. The molecule has 1 amide bonds. The summed E-state index contributed by atoms with van der Waals surface area (Å²) < 4.78 is 25.6. The van der Waals surface area contributed by atoms with E-state index in [9.17, 15) is 13.2 Å². The number of nitrogens with one attached hydrogen (secondary N) is 1. The van der Waals surface area contributed by atoms with Crippen molar-refractivity contribution < 1.29 is 13.2 Å². The van der Waals surface area contributed by atoms with Crippen molar-refractivity contribution in [3.05, 3.63) is 29.8 Å². The van der Waals surface area contributed by atoms with Crippen molar-refractivity contribution in [3.63, 3.8) is 0 Å². The van der Waals surface area contributed by atoms with Crippen molar-refractivity contribution in [2.24, 2.45) is 11.5 Å². The molecule has 1 aromatic carbocycles. The van der Waals surface area contributed by atoms with E-state index < -0.39 is 22.5 Å². The summed E-state index contributed by atoms with van der Waals surface area (Å²) in [5, 5.41) is 0. The first-order valence-electron chi connectivity index (χ1n) is 4.53. The Morgan fingerprint density at radius 2 is 1.94 bits per heavy atom. The minimum Gasteiger partial charge on any atom is -0.369 e. The second kappa shape index (κ2) is 5.06. The van der Waals surface area contributed by atoms with E-state index in [1.807, 2.05) is 0 Å². The zero-order valence-electron chi connectivity index (χ0n) is 8.51. The van der Waals surface area contributed by atoms with Gasteiger partial charge in [-0.2, -0.15) is 0 Å². The first kappa shape index (κ1) is 12.6. The third-order valence-corrected chi connectivity index (χ3v) is 3.42. The lowest BCUT2D eigenvalue weighted by molar-refractivity contribution is -0.116. The van der Waals surface area contributed by atoms with Gasteiger partial charge >= 0.3 is 0 Å². The lowest BCUT2D eigenvalue weighted by Gasteiger charge is -2.08. The Morgan fingerprint density at radius 1 is 1.31 bits per heavy atom. The van der Waals surface area contributed by atoms with Crippen LogP contribution in [0.1, 0.15) is 5.56 Å². The van der Waals surface area contributed by atoms with Crippen LogP contribution in [0.2, 0.25) is 0 Å². The monoisotopic (exact) mass is 243 g/mol. The second-order valence-electron chi connectivity index (χ2n) is 3.10. The predicted octanol–water partition coefficient (Wildman–Crippen LogP) is -1.09. The zero-order chi connectivity index (χ0) is 12.2. The number of sulfonamides is 1. The molecule has 0 aromatic heterocycles. The Labute approximate surface area is 93.7 Å². The first-order chi connectivity index (χ1) is 7.47. The molecule has 0 atom stereocenters. The molecule has 0 saturated heterocycles. The molecule has 0 aliphatic heterocycles. The molecule has 0 heterocycles. The van der Waals surface area contributed by atoms with Crippen molar-refractivity contribution in [2.45, 2.75) is 11.4 Å². The molecule has 0 fully saturated rings. The van der Waals surface area contributed by atoms with Crippen LogP contribution >= 0.6 is 0 Å². The van der Waals surface area contributed by atoms with Gasteiger partial charge < -0.3 is 11.5 Å². The molecule has 0 saturated carbocycles. The van der Waals surface area contributed by atoms with E-state index in [4.69, 9.17) is 11.5 Å². The SMILES string of the molecule is NCc1ccccc1S(=O)(=O)NCC(N)=O. The Bertz CT molecular complexity index is 485. The Hall–Kier alpha value is -1.44. The quantitative estimate of drug-likeness (QED) is 0.609. The fraction of sp³-hybridized carbons (Fsp3) is 0.222. The number of amides is 1. The van der Waals surface area contributed by atoms with Crippen LogP contribution < -0.4 is 16.2 Å². The number of nitrogens with two attached hydrogens (primary N) is 2. The van der Waals surface area contributed by atoms with Gasteiger partial charge in [0.2, 0.25) is 15.9 Å². The average Bonchev–Trinajstić information content (AvgIpc) is 2.26. The van der Waals surface area contributed by atoms with Crippen LogP contribution in [0.3, 0.4) is 0 Å². The molecule has 0 unspecified atom stereocenters. The number of carbonyl (C=O) groups is 1. The third kappa shape index (κ3) is 3.02. The van der Waals surface area contributed by atoms with Gasteiger partial charge in [0.15, 0.2) is 0 Å². The second-order valence-corrected chi connectivity index (χ2v) is 4.84. The fourth-order valence-corrected chi connectivity index (χ4v) is 2.42. The Balaban J connectivity index is 3.02. The summed E-state index contributed by atoms with van der Waals surface area (Å²) in [7, 11) is -3.73. The van der Waals surface area contributed by atoms with Crippen molar-refractivity contribution in [1.29, 1.82) is 0 Å². The topological polar surface area (TPSA) is 115 Å². The van der Waals surface area contributed by atoms with Crippen molar-refractivity contribution in [3.8, 4) is 0 Å². The fourth-order valence-electron chi connectivity index (χ4n) is 1.18. The maximum Gasteiger partial charge on any atom is 0.241 e. The highest BCUT2D eigenvalue weighted by atomic mass is 32.2. The van der Waals surface area contributed by atoms with E-state index in [1.54, 1.807) is 18.2 Å². The van der Waals surface area contributed by atoms with Gasteiger partial charge in [0, 0.05) is 6.54 Å². The van der Waals surface area contributed by atoms with E-state index in [-0.39, 0.29) is 11.4 Å². The van der Waals surface area contributed by atoms with Gasteiger partial charge in [0.05, 0.1) is 11.4 Å². The summed E-state index contributed by atoms with van der Waals surface area (Å²) in [6.45, 7) is -0.325. The molecule has 0 aliphatic rings. The Kier molecular flexibility index (Phi) is 3.99. The summed E-state index contributed by atoms with van der Waals surface area (Å²) in [5.74, 6) is -0.742. The molecular weight excluding hydrogens is 230 g/mol. The third-order valence-electron chi connectivity index (χ3n) is 1.92. The maximum atomic E-state index is 11.7. The van der Waals surface area contributed by atoms with Gasteiger partial charge in [-0.05, 0) is 11.6 Å². The first-order valence-corrected chi connectivity index (χ1v) is 6.01. The van der Waals surface area contributed by atoms with E-state index in [0.717, 1.165) is 0 Å². The number of carbonyl (C=O) groups excluding carboxylic acids is 1. The number of rotatable bonds is 5. The number of benzene rings is 1. The molecule has 16 heavy (non-hydrogen) atoms. The molecule has 1 aromatic rings. The van der Waals surface area contributed by atoms with Gasteiger partial charge in [-0.1, -0.05) is 18.2 Å². The van der Waals surface area contributed by atoms with Crippen LogP contribution in [0.4, 0.5) is 0 Å². The normalized spacial score (nSPS) is 11.3. The van der Waals surface area contributed by atoms with Gasteiger partial charge in [-0.15, -0.1) is 0 Å². The standard InChI is InChI=1S/C9H13N3O3S/c10-5-7-3-1-2-4-8(7)16(14,15)12-6-9(11)13/h1-4,12H,5-6,10H2,(H2,11,13). The van der Waals surface area contributed by atoms with Crippen LogP contribution in [-0.4, -0.2) is 20.9 Å². The van der Waals surface area contributed by atoms with Crippen LogP contribution in [-0.2, 0) is 21.4 Å². The molecule has 0 aliphatic carbocycles. The van der Waals surface area contributed by atoms with Crippen LogP contribution in [0.5, 0.6) is 0 Å². The predicted molar refractivity (Wildman–Crippen MR) is 58.7 cm³/mol. The van der Waals surface area contributed by atoms with E-state index in [0.29, 0.717) is 5.56 Å². The summed E-state index contributed by atoms with van der Waals surface area (Å²) in [4.78, 5) is 10.6. The highest BCUT2D eigenvalue weighted by Crippen LogP contribution is 2.14. The molecule has 5 N–H and O–H groups in total. The smallest absolute Gasteiger partial charge is 0.241 e.